The molecule has 4 rings (SSSR count). The molecule has 0 aliphatic carbocycles. The van der Waals surface area contributed by atoms with Gasteiger partial charge in [0.1, 0.15) is 11.9 Å². The van der Waals surface area contributed by atoms with E-state index in [1.165, 1.54) is 18.7 Å². The summed E-state index contributed by atoms with van der Waals surface area (Å²) in [7, 11) is 1.93. The van der Waals surface area contributed by atoms with E-state index in [1.807, 2.05) is 24.1 Å². The Morgan fingerprint density at radius 2 is 2.21 bits per heavy atom. The van der Waals surface area contributed by atoms with Crippen LogP contribution in [-0.4, -0.2) is 56.4 Å². The predicted molar refractivity (Wildman–Crippen MR) is 119 cm³/mol. The van der Waals surface area contributed by atoms with Crippen LogP contribution in [0.1, 0.15) is 43.0 Å². The third-order valence-electron chi connectivity index (χ3n) is 5.15. The standard InChI is InChI=1S/C19H29N7O.HI/c1-3-20-19(21-11-16-13-25-7-5-4-6-18(25)23-16)26-8-9-27-17(14-26)15-10-22-24(2)12-15;/h10,12-13,17H,3-9,11,14H2,1-2H3,(H,20,21);1H. The lowest BCUT2D eigenvalue weighted by molar-refractivity contribution is -0.00805. The lowest BCUT2D eigenvalue weighted by atomic mass is 10.1. The number of fused-ring (bicyclic) bond motifs is 1. The van der Waals surface area contributed by atoms with E-state index in [-0.39, 0.29) is 30.1 Å². The number of hydrogen-bond acceptors (Lipinski definition) is 4. The van der Waals surface area contributed by atoms with Gasteiger partial charge in [-0.3, -0.25) is 4.68 Å². The van der Waals surface area contributed by atoms with Gasteiger partial charge < -0.3 is 19.5 Å². The summed E-state index contributed by atoms with van der Waals surface area (Å²) in [6.45, 7) is 6.93. The molecule has 1 N–H and O–H groups in total. The van der Waals surface area contributed by atoms with Crippen molar-refractivity contribution in [1.29, 1.82) is 0 Å². The van der Waals surface area contributed by atoms with Crippen LogP contribution in [0.5, 0.6) is 0 Å². The summed E-state index contributed by atoms with van der Waals surface area (Å²) >= 11 is 0. The summed E-state index contributed by atoms with van der Waals surface area (Å²) in [5, 5.41) is 7.69. The second-order valence-electron chi connectivity index (χ2n) is 7.22. The molecule has 154 valence electrons. The average molecular weight is 499 g/mol. The number of morpholine rings is 1. The molecule has 1 unspecified atom stereocenters. The van der Waals surface area contributed by atoms with Gasteiger partial charge in [0.2, 0.25) is 0 Å². The maximum absolute atomic E-state index is 5.96. The topological polar surface area (TPSA) is 72.5 Å². The van der Waals surface area contributed by atoms with Gasteiger partial charge in [-0.2, -0.15) is 5.10 Å². The lowest BCUT2D eigenvalue weighted by Gasteiger charge is -2.34. The monoisotopic (exact) mass is 499 g/mol. The van der Waals surface area contributed by atoms with Gasteiger partial charge in [-0.05, 0) is 19.8 Å². The highest BCUT2D eigenvalue weighted by molar-refractivity contribution is 14.0. The highest BCUT2D eigenvalue weighted by atomic mass is 127. The molecule has 2 aromatic rings. The summed E-state index contributed by atoms with van der Waals surface area (Å²) in [4.78, 5) is 11.9. The number of nitrogens with one attached hydrogen (secondary N) is 1. The van der Waals surface area contributed by atoms with Gasteiger partial charge in [-0.15, -0.1) is 24.0 Å². The van der Waals surface area contributed by atoms with Gasteiger partial charge in [0, 0.05) is 51.1 Å². The Kier molecular flexibility index (Phi) is 7.33. The second-order valence-corrected chi connectivity index (χ2v) is 7.22. The summed E-state index contributed by atoms with van der Waals surface area (Å²) < 4.78 is 10.1. The summed E-state index contributed by atoms with van der Waals surface area (Å²) in [5.41, 5.74) is 2.17. The van der Waals surface area contributed by atoms with E-state index in [2.05, 4.69) is 33.0 Å². The molecule has 2 aliphatic heterocycles. The average Bonchev–Trinajstić information content (AvgIpc) is 3.31. The Bertz CT molecular complexity index is 777. The van der Waals surface area contributed by atoms with Crippen LogP contribution < -0.4 is 5.32 Å². The van der Waals surface area contributed by atoms with E-state index >= 15 is 0 Å². The number of aliphatic imine (C=N–C) groups is 1. The van der Waals surface area contributed by atoms with Crippen molar-refractivity contribution in [2.24, 2.45) is 12.0 Å². The Hall–Kier alpha value is -1.62. The molecule has 4 heterocycles. The largest absolute Gasteiger partial charge is 0.370 e. The quantitative estimate of drug-likeness (QED) is 0.397. The minimum absolute atomic E-state index is 0. The first-order valence-electron chi connectivity index (χ1n) is 9.91. The van der Waals surface area contributed by atoms with Gasteiger partial charge in [-0.25, -0.2) is 9.98 Å². The SMILES string of the molecule is CCNC(=NCc1cn2c(n1)CCCC2)N1CCOC(c2cnn(C)c2)C1.I. The molecule has 2 aromatic heterocycles. The van der Waals surface area contributed by atoms with Gasteiger partial charge in [0.05, 0.1) is 31.6 Å². The zero-order valence-electron chi connectivity index (χ0n) is 16.7. The Balaban J connectivity index is 0.00000225. The number of aromatic nitrogens is 4. The Morgan fingerprint density at radius 1 is 1.32 bits per heavy atom. The minimum atomic E-state index is 0. The number of hydrogen-bond donors (Lipinski definition) is 1. The number of rotatable bonds is 4. The third kappa shape index (κ3) is 4.86. The molecule has 0 aromatic carbocycles. The van der Waals surface area contributed by atoms with Crippen molar-refractivity contribution < 1.29 is 4.74 Å². The van der Waals surface area contributed by atoms with Crippen molar-refractivity contribution in [3.05, 3.63) is 35.7 Å². The van der Waals surface area contributed by atoms with Crippen molar-refractivity contribution in [2.75, 3.05) is 26.2 Å². The molecular formula is C19H30IN7O. The van der Waals surface area contributed by atoms with E-state index < -0.39 is 0 Å². The second kappa shape index (κ2) is 9.73. The molecule has 8 nitrogen and oxygen atoms in total. The van der Waals surface area contributed by atoms with Crippen LogP contribution in [0.2, 0.25) is 0 Å². The van der Waals surface area contributed by atoms with Crippen LogP contribution in [-0.2, 0) is 31.3 Å². The number of guanidine groups is 1. The number of nitrogens with zero attached hydrogens (tertiary/aromatic N) is 6. The molecular weight excluding hydrogens is 469 g/mol. The molecule has 0 saturated carbocycles. The maximum Gasteiger partial charge on any atom is 0.194 e. The Morgan fingerprint density at radius 3 is 2.96 bits per heavy atom. The normalized spacial score (nSPS) is 19.9. The van der Waals surface area contributed by atoms with Crippen LogP contribution in [0.3, 0.4) is 0 Å². The third-order valence-corrected chi connectivity index (χ3v) is 5.15. The molecule has 2 aliphatic rings. The first-order chi connectivity index (χ1) is 13.2. The Labute approximate surface area is 183 Å². The van der Waals surface area contributed by atoms with E-state index in [1.54, 1.807) is 0 Å². The van der Waals surface area contributed by atoms with E-state index in [0.717, 1.165) is 49.8 Å². The van der Waals surface area contributed by atoms with Gasteiger partial charge >= 0.3 is 0 Å². The van der Waals surface area contributed by atoms with Crippen molar-refractivity contribution in [3.63, 3.8) is 0 Å². The van der Waals surface area contributed by atoms with E-state index in [4.69, 9.17) is 14.7 Å². The van der Waals surface area contributed by atoms with Gasteiger partial charge in [0.15, 0.2) is 5.96 Å². The number of aryl methyl sites for hydroxylation is 3. The van der Waals surface area contributed by atoms with Crippen LogP contribution in [0.4, 0.5) is 0 Å². The smallest absolute Gasteiger partial charge is 0.194 e. The number of imidazole rings is 1. The summed E-state index contributed by atoms with van der Waals surface area (Å²) in [6.07, 6.45) is 9.67. The molecule has 9 heteroatoms. The van der Waals surface area contributed by atoms with Crippen molar-refractivity contribution in [1.82, 2.24) is 29.5 Å². The molecule has 1 atom stereocenters. The number of halogens is 1. The molecule has 1 saturated heterocycles. The molecule has 0 radical (unpaired) electrons. The highest BCUT2D eigenvalue weighted by Crippen LogP contribution is 2.22. The van der Waals surface area contributed by atoms with Crippen molar-refractivity contribution in [2.45, 2.75) is 45.4 Å². The summed E-state index contributed by atoms with van der Waals surface area (Å²) in [5.74, 6) is 2.14. The zero-order chi connectivity index (χ0) is 18.6. The zero-order valence-corrected chi connectivity index (χ0v) is 19.0. The fourth-order valence-electron chi connectivity index (χ4n) is 3.78. The van der Waals surface area contributed by atoms with Crippen LogP contribution >= 0.6 is 24.0 Å². The van der Waals surface area contributed by atoms with Crippen LogP contribution in [0.25, 0.3) is 0 Å². The molecule has 0 spiro atoms. The first kappa shape index (κ1) is 21.1. The van der Waals surface area contributed by atoms with E-state index in [0.29, 0.717) is 13.2 Å². The van der Waals surface area contributed by atoms with Crippen LogP contribution in [0.15, 0.2) is 23.6 Å². The summed E-state index contributed by atoms with van der Waals surface area (Å²) in [6, 6.07) is 0. The lowest BCUT2D eigenvalue weighted by Crippen LogP contribution is -2.48. The maximum atomic E-state index is 5.96. The predicted octanol–water partition coefficient (Wildman–Crippen LogP) is 2.11. The number of ether oxygens (including phenoxy) is 1. The fraction of sp³-hybridized carbons (Fsp3) is 0.632. The first-order valence-corrected chi connectivity index (χ1v) is 9.91. The minimum Gasteiger partial charge on any atom is -0.370 e. The molecule has 1 fully saturated rings. The molecule has 0 bridgehead atoms. The molecule has 28 heavy (non-hydrogen) atoms. The highest BCUT2D eigenvalue weighted by Gasteiger charge is 2.25. The van der Waals surface area contributed by atoms with Gasteiger partial charge in [0.25, 0.3) is 0 Å². The van der Waals surface area contributed by atoms with Gasteiger partial charge in [-0.1, -0.05) is 0 Å². The van der Waals surface area contributed by atoms with Crippen molar-refractivity contribution in [3.8, 4) is 0 Å². The molecule has 0 amide bonds. The van der Waals surface area contributed by atoms with Crippen molar-refractivity contribution >= 4 is 29.9 Å². The van der Waals surface area contributed by atoms with Crippen LogP contribution in [0, 0.1) is 0 Å². The van der Waals surface area contributed by atoms with E-state index in [9.17, 15) is 0 Å². The fourth-order valence-corrected chi connectivity index (χ4v) is 3.78.